The Bertz CT molecular complexity index is 1060. The first-order valence-corrected chi connectivity index (χ1v) is 15.0. The molecular formula is C30H43N3O2S. The molecule has 6 heteroatoms. The van der Waals surface area contributed by atoms with Gasteiger partial charge in [-0.05, 0) is 102 Å². The highest BCUT2D eigenvalue weighted by molar-refractivity contribution is 7.12. The number of thiophene rings is 1. The van der Waals surface area contributed by atoms with Gasteiger partial charge in [0.1, 0.15) is 0 Å². The standard InChI is InChI=1S/C30H43N3O2S/c1-19-16-20(2)31-29(34)25(19)18-33-13-7-10-26-27(30(33)35)22(4)28(36-26)21(3)24-11-14-32(15-12-24)17-23-8-5-6-9-23/h16,21,23-25H,5-15,17-18H2,1-4H3/t21-,25?/m1/s1. The highest BCUT2D eigenvalue weighted by Gasteiger charge is 2.35. The first-order chi connectivity index (χ1) is 17.3. The minimum atomic E-state index is -0.314. The van der Waals surface area contributed by atoms with Crippen molar-refractivity contribution in [1.82, 2.24) is 9.80 Å². The number of carbonyl (C=O) groups excluding carboxylic acids is 2. The zero-order valence-corrected chi connectivity index (χ0v) is 23.5. The molecule has 2 fully saturated rings. The summed E-state index contributed by atoms with van der Waals surface area (Å²) in [5.74, 6) is 1.83. The average Bonchev–Trinajstić information content (AvgIpc) is 3.43. The Kier molecular flexibility index (Phi) is 7.83. The van der Waals surface area contributed by atoms with Gasteiger partial charge in [-0.15, -0.1) is 11.3 Å². The van der Waals surface area contributed by atoms with Gasteiger partial charge in [-0.25, -0.2) is 4.99 Å². The molecule has 1 unspecified atom stereocenters. The predicted octanol–water partition coefficient (Wildman–Crippen LogP) is 6.01. The summed E-state index contributed by atoms with van der Waals surface area (Å²) in [4.78, 5) is 37.9. The van der Waals surface area contributed by atoms with Gasteiger partial charge < -0.3 is 9.80 Å². The Labute approximate surface area is 221 Å². The third-order valence-electron chi connectivity index (χ3n) is 9.31. The fourth-order valence-electron chi connectivity index (χ4n) is 7.11. The van der Waals surface area contributed by atoms with E-state index in [2.05, 4.69) is 23.7 Å². The van der Waals surface area contributed by atoms with E-state index in [1.807, 2.05) is 36.2 Å². The third-order valence-corrected chi connectivity index (χ3v) is 10.9. The van der Waals surface area contributed by atoms with Crippen molar-refractivity contribution >= 4 is 28.9 Å². The molecule has 4 heterocycles. The van der Waals surface area contributed by atoms with E-state index < -0.39 is 0 Å². The van der Waals surface area contributed by atoms with E-state index in [9.17, 15) is 9.59 Å². The number of fused-ring (bicyclic) bond motifs is 1. The summed E-state index contributed by atoms with van der Waals surface area (Å²) in [6, 6.07) is 0. The smallest absolute Gasteiger partial charge is 0.255 e. The van der Waals surface area contributed by atoms with Crippen molar-refractivity contribution in [3.8, 4) is 0 Å². The summed E-state index contributed by atoms with van der Waals surface area (Å²) in [6.07, 6.45) is 12.1. The van der Waals surface area contributed by atoms with Crippen molar-refractivity contribution in [3.05, 3.63) is 32.5 Å². The van der Waals surface area contributed by atoms with E-state index in [4.69, 9.17) is 0 Å². The molecule has 1 aromatic rings. The number of rotatable bonds is 6. The normalized spacial score (nSPS) is 25.6. The zero-order chi connectivity index (χ0) is 25.4. The van der Waals surface area contributed by atoms with Crippen molar-refractivity contribution in [3.63, 3.8) is 0 Å². The molecular weight excluding hydrogens is 466 g/mol. The third kappa shape index (κ3) is 5.26. The Morgan fingerprint density at radius 3 is 2.42 bits per heavy atom. The molecule has 0 bridgehead atoms. The summed E-state index contributed by atoms with van der Waals surface area (Å²) in [7, 11) is 0. The van der Waals surface area contributed by atoms with Crippen LogP contribution >= 0.6 is 11.3 Å². The Morgan fingerprint density at radius 1 is 1.00 bits per heavy atom. The summed E-state index contributed by atoms with van der Waals surface area (Å²) in [5.41, 5.74) is 3.90. The Hall–Kier alpha value is -1.79. The lowest BCUT2D eigenvalue weighted by molar-refractivity contribution is -0.120. The van der Waals surface area contributed by atoms with Gasteiger partial charge >= 0.3 is 0 Å². The number of aryl methyl sites for hydroxylation is 1. The first kappa shape index (κ1) is 25.8. The number of amides is 2. The van der Waals surface area contributed by atoms with Crippen LogP contribution in [-0.4, -0.2) is 60.0 Å². The SMILES string of the molecule is CC1=CC(C)=NC(=O)C1CN1CCCc2sc([C@H](C)C3CCN(CC4CCCC4)CC3)c(C)c2C1=O. The lowest BCUT2D eigenvalue weighted by Gasteiger charge is -2.36. The number of hydrogen-bond acceptors (Lipinski definition) is 4. The molecule has 4 aliphatic rings. The van der Waals surface area contributed by atoms with Crippen LogP contribution in [0.2, 0.25) is 0 Å². The summed E-state index contributed by atoms with van der Waals surface area (Å²) < 4.78 is 0. The highest BCUT2D eigenvalue weighted by atomic mass is 32.1. The number of dihydropyridines is 1. The minimum absolute atomic E-state index is 0.111. The monoisotopic (exact) mass is 509 g/mol. The summed E-state index contributed by atoms with van der Waals surface area (Å²) in [5, 5.41) is 0. The molecule has 0 N–H and O–H groups in total. The Balaban J connectivity index is 1.26. The van der Waals surface area contributed by atoms with Crippen molar-refractivity contribution in [1.29, 1.82) is 0 Å². The lowest BCUT2D eigenvalue weighted by Crippen LogP contribution is -2.39. The molecule has 2 amide bonds. The number of likely N-dealkylation sites (tertiary alicyclic amines) is 1. The molecule has 0 aromatic carbocycles. The van der Waals surface area contributed by atoms with Gasteiger partial charge in [0.2, 0.25) is 0 Å². The van der Waals surface area contributed by atoms with E-state index in [0.717, 1.165) is 35.6 Å². The van der Waals surface area contributed by atoms with Crippen LogP contribution in [0.1, 0.15) is 97.3 Å². The molecule has 3 aliphatic heterocycles. The Morgan fingerprint density at radius 2 is 1.72 bits per heavy atom. The quantitative estimate of drug-likeness (QED) is 0.472. The van der Waals surface area contributed by atoms with Gasteiger partial charge in [-0.3, -0.25) is 9.59 Å². The fourth-order valence-corrected chi connectivity index (χ4v) is 8.59. The molecule has 1 saturated heterocycles. The molecule has 196 valence electrons. The summed E-state index contributed by atoms with van der Waals surface area (Å²) in [6.45, 7) is 13.3. The molecule has 5 nitrogen and oxygen atoms in total. The van der Waals surface area contributed by atoms with Crippen LogP contribution in [0.25, 0.3) is 0 Å². The van der Waals surface area contributed by atoms with Crippen molar-refractivity contribution in [2.75, 3.05) is 32.7 Å². The molecule has 1 aromatic heterocycles. The number of nitrogens with zero attached hydrogens (tertiary/aromatic N) is 3. The zero-order valence-electron chi connectivity index (χ0n) is 22.6. The van der Waals surface area contributed by atoms with E-state index in [-0.39, 0.29) is 17.7 Å². The van der Waals surface area contributed by atoms with Crippen LogP contribution in [0, 0.1) is 24.7 Å². The molecule has 2 atom stereocenters. The molecule has 5 rings (SSSR count). The molecule has 36 heavy (non-hydrogen) atoms. The van der Waals surface area contributed by atoms with E-state index >= 15 is 0 Å². The topological polar surface area (TPSA) is 53.0 Å². The maximum absolute atomic E-state index is 13.8. The maximum Gasteiger partial charge on any atom is 0.255 e. The fraction of sp³-hybridized carbons (Fsp3) is 0.700. The van der Waals surface area contributed by atoms with Crippen LogP contribution in [-0.2, 0) is 11.2 Å². The van der Waals surface area contributed by atoms with Crippen molar-refractivity contribution in [2.45, 2.75) is 85.0 Å². The lowest BCUT2D eigenvalue weighted by atomic mass is 9.83. The largest absolute Gasteiger partial charge is 0.337 e. The van der Waals surface area contributed by atoms with Gasteiger partial charge in [0, 0.05) is 35.1 Å². The van der Waals surface area contributed by atoms with Gasteiger partial charge in [0.25, 0.3) is 11.8 Å². The van der Waals surface area contributed by atoms with E-state index in [0.29, 0.717) is 24.9 Å². The van der Waals surface area contributed by atoms with Gasteiger partial charge in [-0.1, -0.05) is 25.3 Å². The minimum Gasteiger partial charge on any atom is -0.337 e. The number of aliphatic imine (C=N–C) groups is 1. The van der Waals surface area contributed by atoms with Gasteiger partial charge in [-0.2, -0.15) is 0 Å². The average molecular weight is 510 g/mol. The second kappa shape index (κ2) is 10.9. The predicted molar refractivity (Wildman–Crippen MR) is 148 cm³/mol. The first-order valence-electron chi connectivity index (χ1n) is 14.2. The maximum atomic E-state index is 13.8. The second-order valence-electron chi connectivity index (χ2n) is 11.9. The van der Waals surface area contributed by atoms with Crippen LogP contribution in [0.5, 0.6) is 0 Å². The van der Waals surface area contributed by atoms with Crippen molar-refractivity contribution < 1.29 is 9.59 Å². The van der Waals surface area contributed by atoms with Crippen molar-refractivity contribution in [2.24, 2.45) is 22.7 Å². The number of allylic oxidation sites excluding steroid dienone is 1. The molecule has 0 spiro atoms. The van der Waals surface area contributed by atoms with E-state index in [1.165, 1.54) is 73.5 Å². The second-order valence-corrected chi connectivity index (χ2v) is 13.0. The van der Waals surface area contributed by atoms with Crippen LogP contribution in [0.4, 0.5) is 0 Å². The van der Waals surface area contributed by atoms with Gasteiger partial charge in [0.15, 0.2) is 0 Å². The summed E-state index contributed by atoms with van der Waals surface area (Å²) >= 11 is 1.90. The van der Waals surface area contributed by atoms with E-state index in [1.54, 1.807) is 0 Å². The number of carbonyl (C=O) groups is 2. The number of hydrogen-bond donors (Lipinski definition) is 0. The van der Waals surface area contributed by atoms with Crippen LogP contribution < -0.4 is 0 Å². The van der Waals surface area contributed by atoms with Gasteiger partial charge in [0.05, 0.1) is 11.5 Å². The molecule has 1 aliphatic carbocycles. The van der Waals surface area contributed by atoms with Crippen LogP contribution in [0.3, 0.4) is 0 Å². The van der Waals surface area contributed by atoms with Crippen LogP contribution in [0.15, 0.2) is 16.6 Å². The number of piperidine rings is 1. The highest BCUT2D eigenvalue weighted by Crippen LogP contribution is 2.42. The molecule has 0 radical (unpaired) electrons. The molecule has 1 saturated carbocycles.